The van der Waals surface area contributed by atoms with E-state index in [-0.39, 0.29) is 24.4 Å². The highest BCUT2D eigenvalue weighted by Gasteiger charge is 2.24. The van der Waals surface area contributed by atoms with Crippen LogP contribution < -0.4 is 10.6 Å². The van der Waals surface area contributed by atoms with Crippen LogP contribution in [0, 0.1) is 12.7 Å². The van der Waals surface area contributed by atoms with E-state index in [0.29, 0.717) is 11.1 Å². The number of aryl methyl sites for hydroxylation is 1. The fourth-order valence-corrected chi connectivity index (χ4v) is 2.43. The summed E-state index contributed by atoms with van der Waals surface area (Å²) in [4.78, 5) is 11.8. The Bertz CT molecular complexity index is 479. The second-order valence-corrected chi connectivity index (χ2v) is 5.37. The average molecular weight is 280 g/mol. The minimum absolute atomic E-state index is 0.182. The van der Waals surface area contributed by atoms with Crippen molar-refractivity contribution >= 4 is 6.03 Å². The number of rotatable bonds is 3. The number of hydrogen-bond acceptors (Lipinski definition) is 2. The van der Waals surface area contributed by atoms with E-state index in [4.69, 9.17) is 0 Å². The Morgan fingerprint density at radius 1 is 1.40 bits per heavy atom. The quantitative estimate of drug-likeness (QED) is 0.795. The number of aliphatic hydroxyl groups excluding tert-OH is 1. The van der Waals surface area contributed by atoms with Crippen LogP contribution in [0.15, 0.2) is 18.2 Å². The molecule has 2 amide bonds. The van der Waals surface area contributed by atoms with Crippen molar-refractivity contribution in [3.63, 3.8) is 0 Å². The minimum Gasteiger partial charge on any atom is -0.391 e. The number of carbonyl (C=O) groups excluding carboxylic acids is 1. The van der Waals surface area contributed by atoms with Crippen molar-refractivity contribution < 1.29 is 14.3 Å². The molecule has 0 aromatic heterocycles. The van der Waals surface area contributed by atoms with Gasteiger partial charge in [-0.2, -0.15) is 0 Å². The Morgan fingerprint density at radius 2 is 2.15 bits per heavy atom. The molecule has 1 aromatic carbocycles. The number of hydrogen-bond donors (Lipinski definition) is 3. The molecular formula is C15H21FN2O2. The fourth-order valence-electron chi connectivity index (χ4n) is 2.43. The van der Waals surface area contributed by atoms with Crippen LogP contribution in [-0.4, -0.2) is 23.3 Å². The van der Waals surface area contributed by atoms with E-state index >= 15 is 0 Å². The van der Waals surface area contributed by atoms with Crippen molar-refractivity contribution in [1.82, 2.24) is 10.6 Å². The summed E-state index contributed by atoms with van der Waals surface area (Å²) in [6.45, 7) is 1.97. The SMILES string of the molecule is Cc1ccc(CNC(=O)NC2CCCCC2O)cc1F. The van der Waals surface area contributed by atoms with Gasteiger partial charge in [-0.1, -0.05) is 25.0 Å². The summed E-state index contributed by atoms with van der Waals surface area (Å²) in [5.41, 5.74) is 1.30. The van der Waals surface area contributed by atoms with Gasteiger partial charge in [0.1, 0.15) is 5.82 Å². The first-order chi connectivity index (χ1) is 9.56. The summed E-state index contributed by atoms with van der Waals surface area (Å²) >= 11 is 0. The van der Waals surface area contributed by atoms with Crippen LogP contribution in [0.5, 0.6) is 0 Å². The van der Waals surface area contributed by atoms with E-state index in [0.717, 1.165) is 25.7 Å². The highest BCUT2D eigenvalue weighted by atomic mass is 19.1. The fraction of sp³-hybridized carbons (Fsp3) is 0.533. The molecule has 0 saturated heterocycles. The summed E-state index contributed by atoms with van der Waals surface area (Å²) < 4.78 is 13.4. The minimum atomic E-state index is -0.466. The molecule has 0 radical (unpaired) electrons. The summed E-state index contributed by atoms with van der Waals surface area (Å²) in [7, 11) is 0. The Balaban J connectivity index is 1.81. The zero-order valence-electron chi connectivity index (χ0n) is 11.7. The Morgan fingerprint density at radius 3 is 2.85 bits per heavy atom. The predicted octanol–water partition coefficient (Wildman–Crippen LogP) is 2.24. The van der Waals surface area contributed by atoms with Crippen molar-refractivity contribution in [2.75, 3.05) is 0 Å². The molecular weight excluding hydrogens is 259 g/mol. The van der Waals surface area contributed by atoms with Crippen LogP contribution >= 0.6 is 0 Å². The Hall–Kier alpha value is -1.62. The van der Waals surface area contributed by atoms with Gasteiger partial charge in [0.25, 0.3) is 0 Å². The Labute approximate surface area is 118 Å². The van der Waals surface area contributed by atoms with Crippen LogP contribution in [0.2, 0.25) is 0 Å². The van der Waals surface area contributed by atoms with Gasteiger partial charge in [-0.25, -0.2) is 9.18 Å². The zero-order chi connectivity index (χ0) is 14.5. The van der Waals surface area contributed by atoms with Crippen LogP contribution in [-0.2, 0) is 6.54 Å². The van der Waals surface area contributed by atoms with Crippen molar-refractivity contribution in [3.05, 3.63) is 35.1 Å². The molecule has 20 heavy (non-hydrogen) atoms. The summed E-state index contributed by atoms with van der Waals surface area (Å²) in [6.07, 6.45) is 3.09. The van der Waals surface area contributed by atoms with Gasteiger partial charge in [-0.05, 0) is 37.0 Å². The molecule has 2 atom stereocenters. The standard InChI is InChI=1S/C15H21FN2O2/c1-10-6-7-11(8-12(10)16)9-17-15(20)18-13-4-2-3-5-14(13)19/h6-8,13-14,19H,2-5,9H2,1H3,(H2,17,18,20). The maximum Gasteiger partial charge on any atom is 0.315 e. The normalized spacial score (nSPS) is 22.4. The number of benzene rings is 1. The van der Waals surface area contributed by atoms with Crippen molar-refractivity contribution in [2.24, 2.45) is 0 Å². The molecule has 1 aliphatic carbocycles. The molecule has 0 bridgehead atoms. The lowest BCUT2D eigenvalue weighted by Crippen LogP contribution is -2.48. The molecule has 4 nitrogen and oxygen atoms in total. The lowest BCUT2D eigenvalue weighted by Gasteiger charge is -2.28. The predicted molar refractivity (Wildman–Crippen MR) is 74.8 cm³/mol. The molecule has 1 aliphatic rings. The molecule has 3 N–H and O–H groups in total. The van der Waals surface area contributed by atoms with Crippen molar-refractivity contribution in [1.29, 1.82) is 0 Å². The summed E-state index contributed by atoms with van der Waals surface area (Å²) in [5.74, 6) is -0.271. The Kier molecular flexibility index (Phi) is 4.95. The van der Waals surface area contributed by atoms with Gasteiger partial charge in [-0.15, -0.1) is 0 Å². The van der Waals surface area contributed by atoms with Gasteiger partial charge < -0.3 is 15.7 Å². The number of halogens is 1. The van der Waals surface area contributed by atoms with Crippen LogP contribution in [0.25, 0.3) is 0 Å². The molecule has 2 unspecified atom stereocenters. The van der Waals surface area contributed by atoms with Crippen molar-refractivity contribution in [2.45, 2.75) is 51.3 Å². The molecule has 0 spiro atoms. The van der Waals surface area contributed by atoms with Gasteiger partial charge >= 0.3 is 6.03 Å². The van der Waals surface area contributed by atoms with Gasteiger partial charge in [-0.3, -0.25) is 0 Å². The number of carbonyl (C=O) groups is 1. The number of aliphatic hydroxyl groups is 1. The lowest BCUT2D eigenvalue weighted by atomic mass is 9.93. The van der Waals surface area contributed by atoms with Crippen LogP contribution in [0.1, 0.15) is 36.8 Å². The molecule has 2 rings (SSSR count). The van der Waals surface area contributed by atoms with Gasteiger partial charge in [0.15, 0.2) is 0 Å². The maximum atomic E-state index is 13.4. The van der Waals surface area contributed by atoms with E-state index < -0.39 is 6.10 Å². The second-order valence-electron chi connectivity index (χ2n) is 5.37. The molecule has 1 saturated carbocycles. The monoisotopic (exact) mass is 280 g/mol. The molecule has 0 heterocycles. The van der Waals surface area contributed by atoms with Crippen LogP contribution in [0.4, 0.5) is 9.18 Å². The molecule has 5 heteroatoms. The van der Waals surface area contributed by atoms with Crippen LogP contribution in [0.3, 0.4) is 0 Å². The third-order valence-electron chi connectivity index (χ3n) is 3.74. The number of amides is 2. The summed E-state index contributed by atoms with van der Waals surface area (Å²) in [6, 6.07) is 4.39. The number of nitrogens with one attached hydrogen (secondary N) is 2. The lowest BCUT2D eigenvalue weighted by molar-refractivity contribution is 0.0943. The van der Waals surface area contributed by atoms with E-state index in [2.05, 4.69) is 10.6 Å². The first kappa shape index (κ1) is 14.8. The molecule has 110 valence electrons. The maximum absolute atomic E-state index is 13.4. The zero-order valence-corrected chi connectivity index (χ0v) is 11.7. The van der Waals surface area contributed by atoms with E-state index in [9.17, 15) is 14.3 Å². The highest BCUT2D eigenvalue weighted by molar-refractivity contribution is 5.74. The van der Waals surface area contributed by atoms with E-state index in [1.165, 1.54) is 6.07 Å². The highest BCUT2D eigenvalue weighted by Crippen LogP contribution is 2.18. The summed E-state index contributed by atoms with van der Waals surface area (Å²) in [5, 5.41) is 15.2. The molecule has 1 fully saturated rings. The van der Waals surface area contributed by atoms with Crippen molar-refractivity contribution in [3.8, 4) is 0 Å². The molecule has 0 aliphatic heterocycles. The number of urea groups is 1. The van der Waals surface area contributed by atoms with E-state index in [1.807, 2.05) is 0 Å². The first-order valence-electron chi connectivity index (χ1n) is 7.03. The van der Waals surface area contributed by atoms with Gasteiger partial charge in [0.2, 0.25) is 0 Å². The third kappa shape index (κ3) is 3.93. The van der Waals surface area contributed by atoms with E-state index in [1.54, 1.807) is 19.1 Å². The first-order valence-corrected chi connectivity index (χ1v) is 7.03. The van der Waals surface area contributed by atoms with Gasteiger partial charge in [0, 0.05) is 6.54 Å². The molecule has 1 aromatic rings. The second kappa shape index (κ2) is 6.70. The average Bonchev–Trinajstić information content (AvgIpc) is 2.43. The third-order valence-corrected chi connectivity index (χ3v) is 3.74. The largest absolute Gasteiger partial charge is 0.391 e. The topological polar surface area (TPSA) is 61.4 Å². The van der Waals surface area contributed by atoms with Gasteiger partial charge in [0.05, 0.1) is 12.1 Å². The smallest absolute Gasteiger partial charge is 0.315 e.